The van der Waals surface area contributed by atoms with Gasteiger partial charge in [-0.1, -0.05) is 25.3 Å². The second-order valence-electron chi connectivity index (χ2n) is 8.38. The van der Waals surface area contributed by atoms with E-state index in [4.69, 9.17) is 4.74 Å². The second kappa shape index (κ2) is 9.55. The first-order valence-electron chi connectivity index (χ1n) is 10.9. The lowest BCUT2D eigenvalue weighted by molar-refractivity contribution is -0.117. The van der Waals surface area contributed by atoms with Crippen molar-refractivity contribution in [3.8, 4) is 0 Å². The molecule has 156 valence electrons. The van der Waals surface area contributed by atoms with Crippen LogP contribution in [0.5, 0.6) is 0 Å². The van der Waals surface area contributed by atoms with E-state index in [1.54, 1.807) is 7.11 Å². The Bertz CT molecular complexity index is 826. The summed E-state index contributed by atoms with van der Waals surface area (Å²) < 4.78 is 4.98. The molecule has 29 heavy (non-hydrogen) atoms. The molecule has 2 aromatic rings. The first-order valence-corrected chi connectivity index (χ1v) is 10.9. The van der Waals surface area contributed by atoms with Gasteiger partial charge < -0.3 is 10.1 Å². The Morgan fingerprint density at radius 1 is 1.28 bits per heavy atom. The zero-order valence-corrected chi connectivity index (χ0v) is 17.4. The lowest BCUT2D eigenvalue weighted by atomic mass is 9.85. The van der Waals surface area contributed by atoms with Crippen LogP contribution in [-0.4, -0.2) is 41.3 Å². The molecule has 1 saturated carbocycles. The molecule has 0 unspecified atom stereocenters. The average Bonchev–Trinajstić information content (AvgIpc) is 3.21. The molecule has 4 rings (SSSR count). The average molecular weight is 397 g/mol. The van der Waals surface area contributed by atoms with Gasteiger partial charge in [-0.3, -0.25) is 14.8 Å². The van der Waals surface area contributed by atoms with Gasteiger partial charge in [0.25, 0.3) is 0 Å². The van der Waals surface area contributed by atoms with Crippen LogP contribution in [0.4, 0.5) is 5.69 Å². The number of aromatic amines is 1. The van der Waals surface area contributed by atoms with Gasteiger partial charge in [0.2, 0.25) is 5.91 Å². The van der Waals surface area contributed by atoms with Crippen LogP contribution < -0.4 is 5.32 Å². The van der Waals surface area contributed by atoms with E-state index >= 15 is 0 Å². The fourth-order valence-corrected chi connectivity index (χ4v) is 4.68. The molecule has 6 heteroatoms. The minimum Gasteiger partial charge on any atom is -0.384 e. The van der Waals surface area contributed by atoms with Gasteiger partial charge in [-0.05, 0) is 42.5 Å². The van der Waals surface area contributed by atoms with Gasteiger partial charge >= 0.3 is 0 Å². The number of hydrogen-bond acceptors (Lipinski definition) is 4. The Hall–Kier alpha value is -2.18. The number of methoxy groups -OCH3 is 1. The Kier molecular flexibility index (Phi) is 6.62. The molecular formula is C23H32N4O2. The number of rotatable bonds is 7. The number of ether oxygens (including phenoxy) is 1. The van der Waals surface area contributed by atoms with Crippen LogP contribution >= 0.6 is 0 Å². The number of hydrogen-bond donors (Lipinski definition) is 2. The molecule has 1 aromatic heterocycles. The Morgan fingerprint density at radius 3 is 2.97 bits per heavy atom. The van der Waals surface area contributed by atoms with Crippen molar-refractivity contribution < 1.29 is 9.53 Å². The van der Waals surface area contributed by atoms with E-state index in [1.165, 1.54) is 54.5 Å². The zero-order valence-electron chi connectivity index (χ0n) is 17.4. The van der Waals surface area contributed by atoms with Crippen LogP contribution in [0.1, 0.15) is 66.8 Å². The van der Waals surface area contributed by atoms with E-state index in [0.29, 0.717) is 18.9 Å². The van der Waals surface area contributed by atoms with Crippen LogP contribution in [0.15, 0.2) is 24.4 Å². The fourth-order valence-electron chi connectivity index (χ4n) is 4.68. The highest BCUT2D eigenvalue weighted by Crippen LogP contribution is 2.34. The van der Waals surface area contributed by atoms with Crippen LogP contribution in [0.3, 0.4) is 0 Å². The van der Waals surface area contributed by atoms with E-state index in [1.807, 2.05) is 12.3 Å². The summed E-state index contributed by atoms with van der Waals surface area (Å²) >= 11 is 0. The van der Waals surface area contributed by atoms with Crippen molar-refractivity contribution in [2.24, 2.45) is 0 Å². The van der Waals surface area contributed by atoms with Gasteiger partial charge in [-0.15, -0.1) is 0 Å². The van der Waals surface area contributed by atoms with Crippen LogP contribution in [0.25, 0.3) is 0 Å². The van der Waals surface area contributed by atoms with Crippen molar-refractivity contribution in [3.05, 3.63) is 46.8 Å². The maximum absolute atomic E-state index is 12.0. The Labute approximate surface area is 173 Å². The van der Waals surface area contributed by atoms with Crippen LogP contribution in [-0.2, 0) is 29.0 Å². The normalized spacial score (nSPS) is 17.8. The van der Waals surface area contributed by atoms with Gasteiger partial charge in [0, 0.05) is 49.6 Å². The number of amides is 1. The molecule has 0 spiro atoms. The molecule has 2 aliphatic rings. The fraction of sp³-hybridized carbons (Fsp3) is 0.565. The summed E-state index contributed by atoms with van der Waals surface area (Å²) in [6.07, 6.45) is 10.0. The number of nitrogens with zero attached hydrogens (tertiary/aromatic N) is 2. The molecule has 1 aliphatic carbocycles. The molecular weight excluding hydrogens is 364 g/mol. The molecule has 1 amide bonds. The molecule has 0 bridgehead atoms. The van der Waals surface area contributed by atoms with Crippen molar-refractivity contribution in [2.75, 3.05) is 25.6 Å². The molecule has 0 saturated heterocycles. The Balaban J connectivity index is 1.40. The number of H-pyrrole nitrogens is 1. The first kappa shape index (κ1) is 20.1. The summed E-state index contributed by atoms with van der Waals surface area (Å²) in [5, 5.41) is 10.7. The smallest absolute Gasteiger partial charge is 0.226 e. The summed E-state index contributed by atoms with van der Waals surface area (Å²) in [6, 6.07) is 6.30. The SMILES string of the molecule is COCCC(=O)Nc1ccc2c(c1)CN(Cc1cn[nH]c1C1CCCCC1)CC2. The number of nitrogens with one attached hydrogen (secondary N) is 2. The third-order valence-corrected chi connectivity index (χ3v) is 6.27. The van der Waals surface area contributed by atoms with E-state index in [0.717, 1.165) is 31.7 Å². The van der Waals surface area contributed by atoms with Crippen molar-refractivity contribution >= 4 is 11.6 Å². The number of anilines is 1. The minimum atomic E-state index is -0.00464. The van der Waals surface area contributed by atoms with Gasteiger partial charge in [0.15, 0.2) is 0 Å². The maximum Gasteiger partial charge on any atom is 0.226 e. The molecule has 2 heterocycles. The largest absolute Gasteiger partial charge is 0.384 e. The minimum absolute atomic E-state index is 0.00464. The summed E-state index contributed by atoms with van der Waals surface area (Å²) in [5.41, 5.74) is 6.27. The highest BCUT2D eigenvalue weighted by Gasteiger charge is 2.23. The number of fused-ring (bicyclic) bond motifs is 1. The number of carbonyl (C=O) groups excluding carboxylic acids is 1. The predicted octanol–water partition coefficient (Wildman–Crippen LogP) is 3.99. The highest BCUT2D eigenvalue weighted by molar-refractivity contribution is 5.90. The highest BCUT2D eigenvalue weighted by atomic mass is 16.5. The van der Waals surface area contributed by atoms with E-state index < -0.39 is 0 Å². The van der Waals surface area contributed by atoms with Crippen molar-refractivity contribution in [1.29, 1.82) is 0 Å². The lowest BCUT2D eigenvalue weighted by Crippen LogP contribution is -2.30. The maximum atomic E-state index is 12.0. The quantitative estimate of drug-likeness (QED) is 0.742. The summed E-state index contributed by atoms with van der Waals surface area (Å²) in [5.74, 6) is 0.641. The number of benzene rings is 1. The molecule has 0 radical (unpaired) electrons. The number of carbonyl (C=O) groups is 1. The third kappa shape index (κ3) is 5.06. The van der Waals surface area contributed by atoms with E-state index in [2.05, 4.69) is 32.5 Å². The van der Waals surface area contributed by atoms with Crippen LogP contribution in [0.2, 0.25) is 0 Å². The van der Waals surface area contributed by atoms with Crippen molar-refractivity contribution in [2.45, 2.75) is 64.0 Å². The van der Waals surface area contributed by atoms with E-state index in [-0.39, 0.29) is 5.91 Å². The number of aromatic nitrogens is 2. The summed E-state index contributed by atoms with van der Waals surface area (Å²) in [6.45, 7) is 3.35. The lowest BCUT2D eigenvalue weighted by Gasteiger charge is -2.30. The predicted molar refractivity (Wildman–Crippen MR) is 114 cm³/mol. The molecule has 1 aromatic carbocycles. The van der Waals surface area contributed by atoms with Crippen molar-refractivity contribution in [1.82, 2.24) is 15.1 Å². The molecule has 2 N–H and O–H groups in total. The molecule has 0 atom stereocenters. The van der Waals surface area contributed by atoms with Gasteiger partial charge in [-0.25, -0.2) is 0 Å². The second-order valence-corrected chi connectivity index (χ2v) is 8.38. The standard InChI is InChI=1S/C23H32N4O2/c1-29-12-10-22(28)25-21-8-7-17-9-11-27(15-19(17)13-21)16-20-14-24-26-23(20)18-5-3-2-4-6-18/h7-8,13-14,18H,2-6,9-12,15-16H2,1H3,(H,24,26)(H,25,28). The summed E-state index contributed by atoms with van der Waals surface area (Å²) in [7, 11) is 1.61. The zero-order chi connectivity index (χ0) is 20.1. The van der Waals surface area contributed by atoms with Gasteiger partial charge in [0.1, 0.15) is 0 Å². The molecule has 1 aliphatic heterocycles. The molecule has 6 nitrogen and oxygen atoms in total. The monoisotopic (exact) mass is 396 g/mol. The Morgan fingerprint density at radius 2 is 2.14 bits per heavy atom. The first-order chi connectivity index (χ1) is 14.2. The van der Waals surface area contributed by atoms with Gasteiger partial charge in [-0.2, -0.15) is 5.10 Å². The topological polar surface area (TPSA) is 70.2 Å². The molecule has 1 fully saturated rings. The van der Waals surface area contributed by atoms with Crippen LogP contribution in [0, 0.1) is 0 Å². The van der Waals surface area contributed by atoms with E-state index in [9.17, 15) is 4.79 Å². The van der Waals surface area contributed by atoms with Gasteiger partial charge in [0.05, 0.1) is 19.2 Å². The third-order valence-electron chi connectivity index (χ3n) is 6.27. The van der Waals surface area contributed by atoms with Crippen molar-refractivity contribution in [3.63, 3.8) is 0 Å². The summed E-state index contributed by atoms with van der Waals surface area (Å²) in [4.78, 5) is 14.5.